The predicted molar refractivity (Wildman–Crippen MR) is 69.8 cm³/mol. The average Bonchev–Trinajstić information content (AvgIpc) is 2.76. The summed E-state index contributed by atoms with van der Waals surface area (Å²) in [6.07, 6.45) is 5.83. The number of hydrogen-bond acceptors (Lipinski definition) is 2. The Hall–Kier alpha value is -1.35. The van der Waals surface area contributed by atoms with Crippen molar-refractivity contribution in [3.8, 4) is 0 Å². The van der Waals surface area contributed by atoms with E-state index < -0.39 is 0 Å². The lowest BCUT2D eigenvalue weighted by Gasteiger charge is -2.31. The molecule has 0 unspecified atom stereocenters. The fourth-order valence-electron chi connectivity index (χ4n) is 2.83. The van der Waals surface area contributed by atoms with E-state index in [4.69, 9.17) is 10.7 Å². The third kappa shape index (κ3) is 1.75. The highest BCUT2D eigenvalue weighted by atomic mass is 15.0. The average molecular weight is 229 g/mol. The number of H-pyrrole nitrogens is 1. The summed E-state index contributed by atoms with van der Waals surface area (Å²) in [6.45, 7) is 2.09. The first-order valence-corrected chi connectivity index (χ1v) is 6.44. The number of benzene rings is 1. The number of imidazole rings is 1. The molecule has 0 bridgehead atoms. The van der Waals surface area contributed by atoms with Crippen LogP contribution in [0.15, 0.2) is 18.2 Å². The van der Waals surface area contributed by atoms with Crippen LogP contribution < -0.4 is 5.73 Å². The van der Waals surface area contributed by atoms with E-state index in [9.17, 15) is 0 Å². The number of nitrogens with two attached hydrogens (primary N) is 1. The zero-order valence-corrected chi connectivity index (χ0v) is 10.3. The Balaban J connectivity index is 2.08. The van der Waals surface area contributed by atoms with Crippen molar-refractivity contribution in [1.29, 1.82) is 0 Å². The van der Waals surface area contributed by atoms with E-state index in [1.165, 1.54) is 24.8 Å². The van der Waals surface area contributed by atoms with Crippen molar-refractivity contribution < 1.29 is 0 Å². The van der Waals surface area contributed by atoms with Gasteiger partial charge in [0, 0.05) is 0 Å². The molecule has 1 aromatic carbocycles. The van der Waals surface area contributed by atoms with E-state index in [-0.39, 0.29) is 5.54 Å². The molecule has 0 radical (unpaired) electrons. The molecule has 1 aliphatic carbocycles. The lowest BCUT2D eigenvalue weighted by atomic mass is 9.82. The summed E-state index contributed by atoms with van der Waals surface area (Å²) in [6, 6.07) is 6.23. The number of aromatic amines is 1. The first kappa shape index (κ1) is 10.8. The Labute approximate surface area is 101 Å². The van der Waals surface area contributed by atoms with Crippen molar-refractivity contribution in [2.24, 2.45) is 5.73 Å². The molecule has 3 rings (SSSR count). The van der Waals surface area contributed by atoms with Crippen molar-refractivity contribution in [1.82, 2.24) is 9.97 Å². The summed E-state index contributed by atoms with van der Waals surface area (Å²) in [7, 11) is 0. The third-order valence-electron chi connectivity index (χ3n) is 3.93. The van der Waals surface area contributed by atoms with Gasteiger partial charge in [0.1, 0.15) is 5.82 Å². The molecule has 0 atom stereocenters. The maximum Gasteiger partial charge on any atom is 0.127 e. The SMILES string of the molecule is Cc1cccc2[nH]c(C3(N)CCCCC3)nc12. The molecular formula is C14H19N3. The number of rotatable bonds is 1. The van der Waals surface area contributed by atoms with Crippen LogP contribution in [-0.4, -0.2) is 9.97 Å². The molecule has 1 heterocycles. The number of para-hydroxylation sites is 1. The van der Waals surface area contributed by atoms with Gasteiger partial charge < -0.3 is 10.7 Å². The molecule has 0 spiro atoms. The number of aromatic nitrogens is 2. The fraction of sp³-hybridized carbons (Fsp3) is 0.500. The molecule has 1 fully saturated rings. The Morgan fingerprint density at radius 3 is 2.71 bits per heavy atom. The Kier molecular flexibility index (Phi) is 2.44. The first-order valence-electron chi connectivity index (χ1n) is 6.44. The van der Waals surface area contributed by atoms with Gasteiger partial charge in [-0.3, -0.25) is 0 Å². The van der Waals surface area contributed by atoms with Gasteiger partial charge in [-0.15, -0.1) is 0 Å². The molecule has 1 saturated carbocycles. The predicted octanol–water partition coefficient (Wildman–Crippen LogP) is 2.99. The van der Waals surface area contributed by atoms with Crippen LogP contribution >= 0.6 is 0 Å². The van der Waals surface area contributed by atoms with E-state index in [0.29, 0.717) is 0 Å². The Bertz CT molecular complexity index is 535. The first-order chi connectivity index (χ1) is 8.19. The van der Waals surface area contributed by atoms with Crippen molar-refractivity contribution in [2.45, 2.75) is 44.6 Å². The van der Waals surface area contributed by atoms with Gasteiger partial charge in [0.05, 0.1) is 16.6 Å². The van der Waals surface area contributed by atoms with E-state index in [2.05, 4.69) is 30.1 Å². The molecule has 0 amide bonds. The van der Waals surface area contributed by atoms with Gasteiger partial charge in [0.15, 0.2) is 0 Å². The minimum atomic E-state index is -0.232. The van der Waals surface area contributed by atoms with E-state index in [1.54, 1.807) is 0 Å². The molecule has 3 N–H and O–H groups in total. The highest BCUT2D eigenvalue weighted by molar-refractivity contribution is 5.78. The van der Waals surface area contributed by atoms with Crippen molar-refractivity contribution in [3.05, 3.63) is 29.6 Å². The molecule has 3 nitrogen and oxygen atoms in total. The van der Waals surface area contributed by atoms with E-state index in [0.717, 1.165) is 29.7 Å². The topological polar surface area (TPSA) is 54.7 Å². The summed E-state index contributed by atoms with van der Waals surface area (Å²) in [5, 5.41) is 0. The Morgan fingerprint density at radius 2 is 2.00 bits per heavy atom. The van der Waals surface area contributed by atoms with E-state index in [1.807, 2.05) is 0 Å². The van der Waals surface area contributed by atoms with Crippen molar-refractivity contribution in [3.63, 3.8) is 0 Å². The molecule has 3 heteroatoms. The number of fused-ring (bicyclic) bond motifs is 1. The summed E-state index contributed by atoms with van der Waals surface area (Å²) >= 11 is 0. The highest BCUT2D eigenvalue weighted by Gasteiger charge is 2.32. The third-order valence-corrected chi connectivity index (χ3v) is 3.93. The zero-order valence-electron chi connectivity index (χ0n) is 10.3. The highest BCUT2D eigenvalue weighted by Crippen LogP contribution is 2.34. The van der Waals surface area contributed by atoms with Crippen LogP contribution in [0.2, 0.25) is 0 Å². The standard InChI is InChI=1S/C14H19N3/c1-10-6-5-7-11-12(10)17-13(16-11)14(15)8-3-2-4-9-14/h5-7H,2-4,8-9,15H2,1H3,(H,16,17). The molecule has 90 valence electrons. The van der Waals surface area contributed by atoms with Crippen molar-refractivity contribution >= 4 is 11.0 Å². The maximum atomic E-state index is 6.50. The van der Waals surface area contributed by atoms with Crippen LogP contribution in [0.5, 0.6) is 0 Å². The molecule has 1 aromatic heterocycles. The second-order valence-corrected chi connectivity index (χ2v) is 5.27. The minimum Gasteiger partial charge on any atom is -0.340 e. The van der Waals surface area contributed by atoms with Crippen LogP contribution in [0.3, 0.4) is 0 Å². The second-order valence-electron chi connectivity index (χ2n) is 5.27. The van der Waals surface area contributed by atoms with Gasteiger partial charge in [0.2, 0.25) is 0 Å². The quantitative estimate of drug-likeness (QED) is 0.789. The van der Waals surface area contributed by atoms with Gasteiger partial charge in [-0.05, 0) is 31.4 Å². The Morgan fingerprint density at radius 1 is 1.24 bits per heavy atom. The molecule has 1 aliphatic rings. The fourth-order valence-corrected chi connectivity index (χ4v) is 2.83. The van der Waals surface area contributed by atoms with Crippen LogP contribution in [0.25, 0.3) is 11.0 Å². The summed E-state index contributed by atoms with van der Waals surface area (Å²) in [5.41, 5.74) is 9.65. The van der Waals surface area contributed by atoms with Crippen LogP contribution in [-0.2, 0) is 5.54 Å². The monoisotopic (exact) mass is 229 g/mol. The zero-order chi connectivity index (χ0) is 11.9. The number of hydrogen-bond donors (Lipinski definition) is 2. The number of nitrogens with one attached hydrogen (secondary N) is 1. The summed E-state index contributed by atoms with van der Waals surface area (Å²) in [4.78, 5) is 8.14. The molecule has 17 heavy (non-hydrogen) atoms. The molecule has 0 aliphatic heterocycles. The smallest absolute Gasteiger partial charge is 0.127 e. The lowest BCUT2D eigenvalue weighted by Crippen LogP contribution is -2.39. The maximum absolute atomic E-state index is 6.50. The molecule has 2 aromatic rings. The van der Waals surface area contributed by atoms with Crippen LogP contribution in [0.1, 0.15) is 43.5 Å². The van der Waals surface area contributed by atoms with Crippen LogP contribution in [0.4, 0.5) is 0 Å². The van der Waals surface area contributed by atoms with Gasteiger partial charge >= 0.3 is 0 Å². The van der Waals surface area contributed by atoms with Crippen LogP contribution in [0, 0.1) is 6.92 Å². The van der Waals surface area contributed by atoms with Crippen molar-refractivity contribution in [2.75, 3.05) is 0 Å². The van der Waals surface area contributed by atoms with E-state index >= 15 is 0 Å². The van der Waals surface area contributed by atoms with Gasteiger partial charge in [0.25, 0.3) is 0 Å². The minimum absolute atomic E-state index is 0.232. The normalized spacial score (nSPS) is 19.6. The number of nitrogens with zero attached hydrogens (tertiary/aromatic N) is 1. The van der Waals surface area contributed by atoms with Gasteiger partial charge in [-0.2, -0.15) is 0 Å². The second kappa shape index (κ2) is 3.84. The lowest BCUT2D eigenvalue weighted by molar-refractivity contribution is 0.289. The number of aryl methyl sites for hydroxylation is 1. The molecular weight excluding hydrogens is 210 g/mol. The summed E-state index contributed by atoms with van der Waals surface area (Å²) < 4.78 is 0. The largest absolute Gasteiger partial charge is 0.340 e. The van der Waals surface area contributed by atoms with Gasteiger partial charge in [-0.1, -0.05) is 31.4 Å². The van der Waals surface area contributed by atoms with Gasteiger partial charge in [-0.25, -0.2) is 4.98 Å². The summed E-state index contributed by atoms with van der Waals surface area (Å²) in [5.74, 6) is 0.974. The molecule has 0 saturated heterocycles.